The maximum absolute atomic E-state index is 4.16. The molecule has 1 saturated carbocycles. The molecule has 2 fully saturated rings. The third kappa shape index (κ3) is 2.29. The molecule has 2 heterocycles. The first-order valence-corrected chi connectivity index (χ1v) is 7.04. The van der Waals surface area contributed by atoms with Crippen LogP contribution in [-0.2, 0) is 0 Å². The van der Waals surface area contributed by atoms with Gasteiger partial charge in [-0.25, -0.2) is 0 Å². The summed E-state index contributed by atoms with van der Waals surface area (Å²) in [7, 11) is 2.22. The molecule has 88 valence electrons. The van der Waals surface area contributed by atoms with Crippen molar-refractivity contribution in [2.75, 3.05) is 20.1 Å². The summed E-state index contributed by atoms with van der Waals surface area (Å²) in [6.45, 7) is 2.49. The molecule has 4 heteroatoms. The largest absolute Gasteiger partial charge is 0.310 e. The highest BCUT2D eigenvalue weighted by Crippen LogP contribution is 2.42. The third-order valence-corrected chi connectivity index (χ3v) is 4.68. The molecule has 1 aromatic heterocycles. The van der Waals surface area contributed by atoms with Crippen molar-refractivity contribution >= 4 is 11.3 Å². The van der Waals surface area contributed by atoms with Crippen LogP contribution in [0.5, 0.6) is 0 Å². The minimum Gasteiger partial charge on any atom is -0.310 e. The fourth-order valence-corrected chi connectivity index (χ4v) is 3.38. The van der Waals surface area contributed by atoms with Gasteiger partial charge in [-0.2, -0.15) is 0 Å². The van der Waals surface area contributed by atoms with Gasteiger partial charge in [-0.05, 0) is 39.4 Å². The van der Waals surface area contributed by atoms with Crippen molar-refractivity contribution in [1.29, 1.82) is 0 Å². The van der Waals surface area contributed by atoms with Crippen molar-refractivity contribution in [3.05, 3.63) is 16.6 Å². The Morgan fingerprint density at radius 2 is 2.25 bits per heavy atom. The molecular weight excluding hydrogens is 218 g/mol. The van der Waals surface area contributed by atoms with Gasteiger partial charge in [0.2, 0.25) is 0 Å². The van der Waals surface area contributed by atoms with E-state index in [9.17, 15) is 0 Å². The Morgan fingerprint density at radius 1 is 1.44 bits per heavy atom. The molecule has 1 aromatic rings. The monoisotopic (exact) mass is 237 g/mol. The Balaban J connectivity index is 1.47. The second kappa shape index (κ2) is 4.43. The van der Waals surface area contributed by atoms with Gasteiger partial charge in [-0.15, -0.1) is 11.3 Å². The predicted molar refractivity (Wildman–Crippen MR) is 66.9 cm³/mol. The number of hydrogen-bond acceptors (Lipinski definition) is 4. The van der Waals surface area contributed by atoms with Crippen LogP contribution in [0.1, 0.15) is 30.1 Å². The molecule has 0 unspecified atom stereocenters. The summed E-state index contributed by atoms with van der Waals surface area (Å²) in [6, 6.07) is 1.48. The normalized spacial score (nSPS) is 31.8. The van der Waals surface area contributed by atoms with Crippen molar-refractivity contribution in [3.63, 3.8) is 0 Å². The number of likely N-dealkylation sites (tertiary alicyclic amines) is 1. The van der Waals surface area contributed by atoms with Gasteiger partial charge in [-0.3, -0.25) is 4.98 Å². The van der Waals surface area contributed by atoms with E-state index in [2.05, 4.69) is 22.2 Å². The van der Waals surface area contributed by atoms with Gasteiger partial charge in [0, 0.05) is 29.1 Å². The highest BCUT2D eigenvalue weighted by molar-refractivity contribution is 7.09. The van der Waals surface area contributed by atoms with E-state index in [0.29, 0.717) is 0 Å². The van der Waals surface area contributed by atoms with E-state index in [1.807, 2.05) is 11.7 Å². The fraction of sp³-hybridized carbons (Fsp3) is 0.750. The molecule has 16 heavy (non-hydrogen) atoms. The number of nitrogens with zero attached hydrogens (tertiary/aromatic N) is 2. The number of aromatic nitrogens is 1. The molecule has 0 aromatic carbocycles. The quantitative estimate of drug-likeness (QED) is 0.867. The smallest absolute Gasteiger partial charge is 0.0794 e. The van der Waals surface area contributed by atoms with Gasteiger partial charge < -0.3 is 10.2 Å². The Bertz CT molecular complexity index is 330. The summed E-state index contributed by atoms with van der Waals surface area (Å²) in [5.74, 6) is 0.757. The molecule has 1 N–H and O–H groups in total. The van der Waals surface area contributed by atoms with Gasteiger partial charge in [0.25, 0.3) is 0 Å². The number of nitrogens with one attached hydrogen (secondary N) is 1. The van der Waals surface area contributed by atoms with Crippen molar-refractivity contribution in [2.24, 2.45) is 0 Å². The topological polar surface area (TPSA) is 28.2 Å². The van der Waals surface area contributed by atoms with Crippen LogP contribution in [0, 0.1) is 0 Å². The number of piperidine rings is 1. The maximum Gasteiger partial charge on any atom is 0.0794 e. The van der Waals surface area contributed by atoms with E-state index in [-0.39, 0.29) is 0 Å². The molecule has 3 rings (SSSR count). The van der Waals surface area contributed by atoms with E-state index >= 15 is 0 Å². The molecule has 1 saturated heterocycles. The molecule has 3 nitrogen and oxygen atoms in total. The van der Waals surface area contributed by atoms with Crippen LogP contribution < -0.4 is 5.32 Å². The molecule has 1 aliphatic heterocycles. The molecule has 0 amide bonds. The molecule has 0 radical (unpaired) electrons. The van der Waals surface area contributed by atoms with Crippen molar-refractivity contribution in [1.82, 2.24) is 15.2 Å². The van der Waals surface area contributed by atoms with Crippen LogP contribution in [0.25, 0.3) is 0 Å². The first-order chi connectivity index (χ1) is 7.83. The van der Waals surface area contributed by atoms with E-state index in [0.717, 1.165) is 18.0 Å². The summed E-state index contributed by atoms with van der Waals surface area (Å²) in [5, 5.41) is 3.80. The lowest BCUT2D eigenvalue weighted by Crippen LogP contribution is -2.41. The molecule has 1 aliphatic carbocycles. The molecule has 0 bridgehead atoms. The van der Waals surface area contributed by atoms with Crippen LogP contribution in [0.15, 0.2) is 11.7 Å². The summed E-state index contributed by atoms with van der Waals surface area (Å²) in [5.41, 5.74) is 1.94. The van der Waals surface area contributed by atoms with Crippen LogP contribution in [-0.4, -0.2) is 42.1 Å². The van der Waals surface area contributed by atoms with Crippen molar-refractivity contribution in [3.8, 4) is 0 Å². The average molecular weight is 237 g/mol. The molecule has 0 spiro atoms. The van der Waals surface area contributed by atoms with Gasteiger partial charge in [0.1, 0.15) is 0 Å². The Kier molecular flexibility index (Phi) is 2.96. The highest BCUT2D eigenvalue weighted by atomic mass is 32.1. The minimum absolute atomic E-state index is 0.730. The van der Waals surface area contributed by atoms with Gasteiger partial charge in [-0.1, -0.05) is 0 Å². The maximum atomic E-state index is 4.16. The van der Waals surface area contributed by atoms with Crippen LogP contribution in [0.4, 0.5) is 0 Å². The minimum atomic E-state index is 0.730. The highest BCUT2D eigenvalue weighted by Gasteiger charge is 2.40. The first-order valence-electron chi connectivity index (χ1n) is 6.16. The predicted octanol–water partition coefficient (Wildman–Crippen LogP) is 1.68. The standard InChI is InChI=1S/C12H19N3S/c1-15-4-2-9(3-5-15)14-11-6-10(11)12-7-13-8-16-12/h7-11,14H,2-6H2,1H3/t10-,11-/m0/s1. The van der Waals surface area contributed by atoms with Crippen LogP contribution >= 0.6 is 11.3 Å². The summed E-state index contributed by atoms with van der Waals surface area (Å²) in [6.07, 6.45) is 5.96. The lowest BCUT2D eigenvalue weighted by Gasteiger charge is -2.29. The summed E-state index contributed by atoms with van der Waals surface area (Å²) >= 11 is 1.80. The summed E-state index contributed by atoms with van der Waals surface area (Å²) < 4.78 is 0. The second-order valence-electron chi connectivity index (χ2n) is 5.10. The Labute approximate surface area is 101 Å². The lowest BCUT2D eigenvalue weighted by molar-refractivity contribution is 0.233. The zero-order valence-electron chi connectivity index (χ0n) is 9.72. The lowest BCUT2D eigenvalue weighted by atomic mass is 10.1. The molecule has 2 atom stereocenters. The van der Waals surface area contributed by atoms with E-state index in [1.165, 1.54) is 37.2 Å². The molecular formula is C12H19N3S. The van der Waals surface area contributed by atoms with Crippen molar-refractivity contribution in [2.45, 2.75) is 37.3 Å². The van der Waals surface area contributed by atoms with Gasteiger partial charge in [0.15, 0.2) is 0 Å². The Morgan fingerprint density at radius 3 is 2.94 bits per heavy atom. The van der Waals surface area contributed by atoms with E-state index in [4.69, 9.17) is 0 Å². The zero-order chi connectivity index (χ0) is 11.0. The summed E-state index contributed by atoms with van der Waals surface area (Å²) in [4.78, 5) is 8.04. The van der Waals surface area contributed by atoms with Crippen molar-refractivity contribution < 1.29 is 0 Å². The zero-order valence-corrected chi connectivity index (χ0v) is 10.5. The van der Waals surface area contributed by atoms with E-state index < -0.39 is 0 Å². The average Bonchev–Trinajstić information content (AvgIpc) is 2.85. The molecule has 2 aliphatic rings. The first kappa shape index (κ1) is 10.7. The van der Waals surface area contributed by atoms with Gasteiger partial charge in [0.05, 0.1) is 5.51 Å². The number of thiazole rings is 1. The van der Waals surface area contributed by atoms with Gasteiger partial charge >= 0.3 is 0 Å². The number of rotatable bonds is 3. The van der Waals surface area contributed by atoms with Crippen LogP contribution in [0.3, 0.4) is 0 Å². The fourth-order valence-electron chi connectivity index (χ4n) is 2.58. The SMILES string of the molecule is CN1CCC(N[C@H]2C[C@@H]2c2cncs2)CC1. The van der Waals surface area contributed by atoms with E-state index in [1.54, 1.807) is 11.3 Å². The second-order valence-corrected chi connectivity index (χ2v) is 6.01. The Hall–Kier alpha value is -0.450. The third-order valence-electron chi connectivity index (χ3n) is 3.78. The number of hydrogen-bond donors (Lipinski definition) is 1. The van der Waals surface area contributed by atoms with Crippen LogP contribution in [0.2, 0.25) is 0 Å².